The maximum atomic E-state index is 11.6. The molecule has 0 aliphatic rings. The summed E-state index contributed by atoms with van der Waals surface area (Å²) < 4.78 is 0. The van der Waals surface area contributed by atoms with Crippen LogP contribution in [0.5, 0.6) is 0 Å². The zero-order chi connectivity index (χ0) is 15.5. The second kappa shape index (κ2) is 11.9. The Hall–Kier alpha value is -1.75. The van der Waals surface area contributed by atoms with Gasteiger partial charge in [0.1, 0.15) is 0 Å². The Morgan fingerprint density at radius 1 is 1.14 bits per heavy atom. The highest BCUT2D eigenvalue weighted by molar-refractivity contribution is 14.0. The number of carbonyl (C=O) groups is 1. The number of rotatable bonds is 6. The number of carbonyl (C=O) groups excluding carboxylic acids is 1. The molecule has 0 aliphatic heterocycles. The number of nitrogens with zero attached hydrogens (tertiary/aromatic N) is 1. The molecule has 0 saturated carbocycles. The van der Waals surface area contributed by atoms with E-state index in [1.807, 2.05) is 26.0 Å². The molecule has 6 heteroatoms. The van der Waals surface area contributed by atoms with Crippen molar-refractivity contribution in [2.24, 2.45) is 4.99 Å². The maximum absolute atomic E-state index is 11.6. The molecule has 0 aromatic heterocycles. The van der Waals surface area contributed by atoms with E-state index in [1.54, 1.807) is 12.1 Å². The van der Waals surface area contributed by atoms with Crippen molar-refractivity contribution in [1.82, 2.24) is 16.0 Å². The maximum Gasteiger partial charge on any atom is 0.251 e. The Balaban J connectivity index is 0.00000441. The topological polar surface area (TPSA) is 65.5 Å². The van der Waals surface area contributed by atoms with Gasteiger partial charge in [0.2, 0.25) is 0 Å². The number of nitrogens with one attached hydrogen (secondary N) is 3. The number of hydrogen-bond donors (Lipinski definition) is 3. The molecule has 0 aliphatic carbocycles. The summed E-state index contributed by atoms with van der Waals surface area (Å²) >= 11 is 0. The van der Waals surface area contributed by atoms with Gasteiger partial charge >= 0.3 is 0 Å². The van der Waals surface area contributed by atoms with Gasteiger partial charge in [-0.1, -0.05) is 18.1 Å². The predicted molar refractivity (Wildman–Crippen MR) is 102 cm³/mol. The smallest absolute Gasteiger partial charge is 0.251 e. The SMILES string of the molecule is C#CCNC(=NCc1ccc(C(=O)NCC)cc1)NCC.I. The van der Waals surface area contributed by atoms with Gasteiger partial charge in [0.15, 0.2) is 5.96 Å². The third-order valence-electron chi connectivity index (χ3n) is 2.68. The van der Waals surface area contributed by atoms with Crippen molar-refractivity contribution in [2.75, 3.05) is 19.6 Å². The fourth-order valence-corrected chi connectivity index (χ4v) is 1.67. The molecule has 0 unspecified atom stereocenters. The van der Waals surface area contributed by atoms with Gasteiger partial charge in [-0.15, -0.1) is 30.4 Å². The first-order valence-electron chi connectivity index (χ1n) is 7.04. The zero-order valence-electron chi connectivity index (χ0n) is 13.0. The number of halogens is 1. The number of benzene rings is 1. The largest absolute Gasteiger partial charge is 0.357 e. The average molecular weight is 414 g/mol. The van der Waals surface area contributed by atoms with Crippen molar-refractivity contribution in [1.29, 1.82) is 0 Å². The van der Waals surface area contributed by atoms with Gasteiger partial charge in [0, 0.05) is 18.7 Å². The van der Waals surface area contributed by atoms with Crippen molar-refractivity contribution in [3.63, 3.8) is 0 Å². The minimum Gasteiger partial charge on any atom is -0.357 e. The molecular formula is C16H23IN4O. The monoisotopic (exact) mass is 414 g/mol. The summed E-state index contributed by atoms with van der Waals surface area (Å²) in [5, 5.41) is 8.90. The predicted octanol–water partition coefficient (Wildman–Crippen LogP) is 1.74. The highest BCUT2D eigenvalue weighted by Gasteiger charge is 2.03. The molecule has 0 fully saturated rings. The molecular weight excluding hydrogens is 391 g/mol. The Morgan fingerprint density at radius 3 is 2.32 bits per heavy atom. The summed E-state index contributed by atoms with van der Waals surface area (Å²) in [5.41, 5.74) is 1.68. The molecule has 0 saturated heterocycles. The second-order valence-corrected chi connectivity index (χ2v) is 4.31. The van der Waals surface area contributed by atoms with Crippen LogP contribution in [0.2, 0.25) is 0 Å². The molecule has 1 aromatic rings. The lowest BCUT2D eigenvalue weighted by Gasteiger charge is -2.09. The van der Waals surface area contributed by atoms with Crippen LogP contribution in [-0.2, 0) is 6.54 Å². The average Bonchev–Trinajstić information content (AvgIpc) is 2.51. The van der Waals surface area contributed by atoms with Crippen molar-refractivity contribution in [3.8, 4) is 12.3 Å². The number of hydrogen-bond acceptors (Lipinski definition) is 2. The van der Waals surface area contributed by atoms with Crippen LogP contribution in [0.1, 0.15) is 29.8 Å². The Bertz CT molecular complexity index is 520. The lowest BCUT2D eigenvalue weighted by atomic mass is 10.1. The van der Waals surface area contributed by atoms with E-state index in [4.69, 9.17) is 6.42 Å². The lowest BCUT2D eigenvalue weighted by Crippen LogP contribution is -2.37. The summed E-state index contributed by atoms with van der Waals surface area (Å²) in [4.78, 5) is 16.1. The second-order valence-electron chi connectivity index (χ2n) is 4.31. The van der Waals surface area contributed by atoms with Crippen LogP contribution in [0.25, 0.3) is 0 Å². The van der Waals surface area contributed by atoms with E-state index in [-0.39, 0.29) is 29.9 Å². The van der Waals surface area contributed by atoms with Crippen LogP contribution < -0.4 is 16.0 Å². The molecule has 0 spiro atoms. The molecule has 120 valence electrons. The van der Waals surface area contributed by atoms with Gasteiger partial charge in [-0.2, -0.15) is 0 Å². The molecule has 0 radical (unpaired) electrons. The molecule has 0 heterocycles. The molecule has 1 amide bonds. The zero-order valence-corrected chi connectivity index (χ0v) is 15.3. The van der Waals surface area contributed by atoms with Crippen molar-refractivity contribution in [3.05, 3.63) is 35.4 Å². The van der Waals surface area contributed by atoms with Crippen LogP contribution in [0.4, 0.5) is 0 Å². The van der Waals surface area contributed by atoms with Gasteiger partial charge in [0.25, 0.3) is 5.91 Å². The van der Waals surface area contributed by atoms with Crippen LogP contribution in [-0.4, -0.2) is 31.5 Å². The summed E-state index contributed by atoms with van der Waals surface area (Å²) in [7, 11) is 0. The third kappa shape index (κ3) is 7.31. The van der Waals surface area contributed by atoms with E-state index in [9.17, 15) is 4.79 Å². The van der Waals surface area contributed by atoms with E-state index in [0.29, 0.717) is 31.2 Å². The fraction of sp³-hybridized carbons (Fsp3) is 0.375. The van der Waals surface area contributed by atoms with Crippen LogP contribution in [0.3, 0.4) is 0 Å². The van der Waals surface area contributed by atoms with E-state index >= 15 is 0 Å². The van der Waals surface area contributed by atoms with Crippen LogP contribution >= 0.6 is 24.0 Å². The van der Waals surface area contributed by atoms with E-state index < -0.39 is 0 Å². The van der Waals surface area contributed by atoms with Gasteiger partial charge in [0.05, 0.1) is 13.1 Å². The Labute approximate surface area is 149 Å². The number of terminal acetylenes is 1. The van der Waals surface area contributed by atoms with E-state index in [0.717, 1.165) is 12.1 Å². The van der Waals surface area contributed by atoms with Gasteiger partial charge in [-0.25, -0.2) is 4.99 Å². The minimum absolute atomic E-state index is 0. The molecule has 22 heavy (non-hydrogen) atoms. The summed E-state index contributed by atoms with van der Waals surface area (Å²) in [6.45, 7) is 6.24. The van der Waals surface area contributed by atoms with Crippen molar-refractivity contribution < 1.29 is 4.79 Å². The Kier molecular flexibility index (Phi) is 10.9. The fourth-order valence-electron chi connectivity index (χ4n) is 1.67. The summed E-state index contributed by atoms with van der Waals surface area (Å²) in [6.07, 6.45) is 5.22. The molecule has 0 atom stereocenters. The van der Waals surface area contributed by atoms with Gasteiger partial charge in [-0.05, 0) is 31.5 Å². The number of amides is 1. The number of aliphatic imine (C=N–C) groups is 1. The highest BCUT2D eigenvalue weighted by atomic mass is 127. The van der Waals surface area contributed by atoms with Crippen LogP contribution in [0.15, 0.2) is 29.3 Å². The van der Waals surface area contributed by atoms with Crippen LogP contribution in [0, 0.1) is 12.3 Å². The quantitative estimate of drug-likeness (QED) is 0.288. The first-order valence-corrected chi connectivity index (χ1v) is 7.04. The normalized spacial score (nSPS) is 10.1. The van der Waals surface area contributed by atoms with Gasteiger partial charge in [-0.3, -0.25) is 4.79 Å². The van der Waals surface area contributed by atoms with E-state index in [1.165, 1.54) is 0 Å². The number of guanidine groups is 1. The summed E-state index contributed by atoms with van der Waals surface area (Å²) in [5.74, 6) is 3.14. The first kappa shape index (κ1) is 20.2. The van der Waals surface area contributed by atoms with Gasteiger partial charge < -0.3 is 16.0 Å². The van der Waals surface area contributed by atoms with Crippen molar-refractivity contribution >= 4 is 35.8 Å². The summed E-state index contributed by atoms with van der Waals surface area (Å²) in [6, 6.07) is 7.41. The highest BCUT2D eigenvalue weighted by Crippen LogP contribution is 2.05. The molecule has 1 rings (SSSR count). The molecule has 3 N–H and O–H groups in total. The van der Waals surface area contributed by atoms with Crippen molar-refractivity contribution in [2.45, 2.75) is 20.4 Å². The third-order valence-corrected chi connectivity index (χ3v) is 2.68. The molecule has 5 nitrogen and oxygen atoms in total. The molecule has 0 bridgehead atoms. The Morgan fingerprint density at radius 2 is 1.77 bits per heavy atom. The lowest BCUT2D eigenvalue weighted by molar-refractivity contribution is 0.0956. The minimum atomic E-state index is -0.0587. The molecule has 1 aromatic carbocycles. The first-order chi connectivity index (χ1) is 10.2. The standard InChI is InChI=1S/C16H22N4O.HI/c1-4-11-19-16(18-6-3)20-12-13-7-9-14(10-8-13)15(21)17-5-2;/h1,7-10H,5-6,11-12H2,2-3H3,(H,17,21)(H2,18,19,20);1H. The van der Waals surface area contributed by atoms with E-state index in [2.05, 4.69) is 26.9 Å².